The summed E-state index contributed by atoms with van der Waals surface area (Å²) in [6.07, 6.45) is 4.41. The minimum absolute atomic E-state index is 0.141. The van der Waals surface area contributed by atoms with Crippen molar-refractivity contribution in [2.45, 2.75) is 6.42 Å². The van der Waals surface area contributed by atoms with Gasteiger partial charge in [-0.3, -0.25) is 9.88 Å². The van der Waals surface area contributed by atoms with Gasteiger partial charge < -0.3 is 5.32 Å². The zero-order chi connectivity index (χ0) is 17.2. The molecule has 1 aromatic heterocycles. The number of anilines is 2. The first-order valence-corrected chi connectivity index (χ1v) is 8.46. The van der Waals surface area contributed by atoms with Gasteiger partial charge in [0.15, 0.2) is 0 Å². The minimum atomic E-state index is -0.141. The van der Waals surface area contributed by atoms with Crippen LogP contribution in [-0.4, -0.2) is 17.6 Å². The molecule has 0 radical (unpaired) electrons. The third-order valence-corrected chi connectivity index (χ3v) is 4.54. The zero-order valence-corrected chi connectivity index (χ0v) is 14.2. The number of nitrogens with one attached hydrogen (secondary N) is 1. The van der Waals surface area contributed by atoms with Crippen LogP contribution in [0, 0.1) is 0 Å². The molecule has 5 heteroatoms. The number of rotatable bonds is 2. The smallest absolute Gasteiger partial charge is 0.307 e. The lowest BCUT2D eigenvalue weighted by Gasteiger charge is -2.18. The lowest BCUT2D eigenvalue weighted by Crippen LogP contribution is -2.33. The molecule has 1 aliphatic heterocycles. The molecule has 4 nitrogen and oxygen atoms in total. The van der Waals surface area contributed by atoms with Crippen LogP contribution in [0.1, 0.15) is 5.56 Å². The number of fused-ring (bicyclic) bond motifs is 1. The molecule has 0 atom stereocenters. The van der Waals surface area contributed by atoms with Crippen molar-refractivity contribution in [3.05, 3.63) is 77.6 Å². The first-order valence-electron chi connectivity index (χ1n) is 8.08. The Morgan fingerprint density at radius 3 is 2.68 bits per heavy atom. The number of aromatic nitrogens is 1. The average Bonchev–Trinajstić information content (AvgIpc) is 3.06. The Morgan fingerprint density at radius 1 is 1.04 bits per heavy atom. The van der Waals surface area contributed by atoms with Crippen molar-refractivity contribution in [3.8, 4) is 11.1 Å². The van der Waals surface area contributed by atoms with E-state index < -0.39 is 0 Å². The summed E-state index contributed by atoms with van der Waals surface area (Å²) in [6, 6.07) is 17.2. The van der Waals surface area contributed by atoms with Crippen molar-refractivity contribution >= 4 is 29.0 Å². The molecule has 124 valence electrons. The highest BCUT2D eigenvalue weighted by atomic mass is 35.5. The summed E-state index contributed by atoms with van der Waals surface area (Å²) < 4.78 is 0. The summed E-state index contributed by atoms with van der Waals surface area (Å²) in [5.41, 5.74) is 5.09. The topological polar surface area (TPSA) is 45.2 Å². The van der Waals surface area contributed by atoms with Crippen LogP contribution in [0.4, 0.5) is 16.2 Å². The standard InChI is InChI=1S/C20H16ClN3O/c21-17-2-1-3-18(13-17)23-20(25)24-11-8-16-12-15(4-5-19(16)24)14-6-9-22-10-7-14/h1-7,9-10,12-13H,8,11H2,(H,23,25). The lowest BCUT2D eigenvalue weighted by atomic mass is 10.0. The Bertz CT molecular complexity index is 927. The number of benzene rings is 2. The van der Waals surface area contributed by atoms with Crippen LogP contribution in [0.15, 0.2) is 67.0 Å². The number of hydrogen-bond acceptors (Lipinski definition) is 2. The Labute approximate surface area is 151 Å². The molecule has 0 saturated carbocycles. The first-order chi connectivity index (χ1) is 12.2. The first kappa shape index (κ1) is 15.7. The Kier molecular flexibility index (Phi) is 4.12. The highest BCUT2D eigenvalue weighted by Crippen LogP contribution is 2.32. The van der Waals surface area contributed by atoms with Gasteiger partial charge in [-0.15, -0.1) is 0 Å². The fourth-order valence-electron chi connectivity index (χ4n) is 3.09. The van der Waals surface area contributed by atoms with E-state index in [1.54, 1.807) is 29.4 Å². The molecule has 0 unspecified atom stereocenters. The molecule has 2 aromatic carbocycles. The summed E-state index contributed by atoms with van der Waals surface area (Å²) in [7, 11) is 0. The van der Waals surface area contributed by atoms with Gasteiger partial charge in [0.2, 0.25) is 0 Å². The second-order valence-electron chi connectivity index (χ2n) is 5.92. The summed E-state index contributed by atoms with van der Waals surface area (Å²) in [5.74, 6) is 0. The highest BCUT2D eigenvalue weighted by Gasteiger charge is 2.25. The number of nitrogens with zero attached hydrogens (tertiary/aromatic N) is 2. The second kappa shape index (κ2) is 6.57. The van der Waals surface area contributed by atoms with Crippen LogP contribution < -0.4 is 10.2 Å². The van der Waals surface area contributed by atoms with Crippen molar-refractivity contribution in [2.24, 2.45) is 0 Å². The predicted octanol–water partition coefficient (Wildman–Crippen LogP) is 5.00. The maximum atomic E-state index is 12.6. The number of halogens is 1. The molecule has 0 fully saturated rings. The van der Waals surface area contributed by atoms with Gasteiger partial charge in [0.25, 0.3) is 0 Å². The quantitative estimate of drug-likeness (QED) is 0.707. The number of pyridine rings is 1. The SMILES string of the molecule is O=C(Nc1cccc(Cl)c1)N1CCc2cc(-c3ccncc3)ccc21. The Balaban J connectivity index is 1.56. The zero-order valence-electron chi connectivity index (χ0n) is 13.4. The molecule has 4 rings (SSSR count). The van der Waals surface area contributed by atoms with Crippen LogP contribution in [0.5, 0.6) is 0 Å². The Hall–Kier alpha value is -2.85. The van der Waals surface area contributed by atoms with Crippen LogP contribution in [-0.2, 0) is 6.42 Å². The fourth-order valence-corrected chi connectivity index (χ4v) is 3.28. The molecule has 2 amide bonds. The van der Waals surface area contributed by atoms with E-state index in [1.807, 2.05) is 36.4 Å². The molecule has 0 bridgehead atoms. The van der Waals surface area contributed by atoms with E-state index in [2.05, 4.69) is 16.4 Å². The molecule has 0 saturated heterocycles. The molecule has 25 heavy (non-hydrogen) atoms. The van der Waals surface area contributed by atoms with Crippen molar-refractivity contribution in [2.75, 3.05) is 16.8 Å². The molecular weight excluding hydrogens is 334 g/mol. The van der Waals surface area contributed by atoms with Crippen LogP contribution in [0.25, 0.3) is 11.1 Å². The summed E-state index contributed by atoms with van der Waals surface area (Å²) >= 11 is 5.98. The third-order valence-electron chi connectivity index (χ3n) is 4.31. The van der Waals surface area contributed by atoms with Crippen molar-refractivity contribution in [3.63, 3.8) is 0 Å². The van der Waals surface area contributed by atoms with Crippen LogP contribution >= 0.6 is 11.6 Å². The second-order valence-corrected chi connectivity index (χ2v) is 6.36. The maximum Gasteiger partial charge on any atom is 0.326 e. The molecule has 0 spiro atoms. The van der Waals surface area contributed by atoms with Gasteiger partial charge in [0.05, 0.1) is 0 Å². The summed E-state index contributed by atoms with van der Waals surface area (Å²) in [5, 5.41) is 3.50. The normalized spacial score (nSPS) is 12.8. The van der Waals surface area contributed by atoms with Gasteiger partial charge in [0, 0.05) is 35.3 Å². The summed E-state index contributed by atoms with van der Waals surface area (Å²) in [4.78, 5) is 18.4. The highest BCUT2D eigenvalue weighted by molar-refractivity contribution is 6.30. The molecule has 3 aromatic rings. The number of urea groups is 1. The van der Waals surface area contributed by atoms with E-state index in [0.717, 1.165) is 23.2 Å². The van der Waals surface area contributed by atoms with E-state index in [-0.39, 0.29) is 6.03 Å². The van der Waals surface area contributed by atoms with Gasteiger partial charge in [-0.1, -0.05) is 23.7 Å². The van der Waals surface area contributed by atoms with Gasteiger partial charge >= 0.3 is 6.03 Å². The van der Waals surface area contributed by atoms with Crippen LogP contribution in [0.2, 0.25) is 5.02 Å². The largest absolute Gasteiger partial charge is 0.326 e. The van der Waals surface area contributed by atoms with Gasteiger partial charge in [-0.05, 0) is 65.6 Å². The van der Waals surface area contributed by atoms with Gasteiger partial charge in [0.1, 0.15) is 0 Å². The van der Waals surface area contributed by atoms with Crippen molar-refractivity contribution in [1.29, 1.82) is 0 Å². The van der Waals surface area contributed by atoms with E-state index >= 15 is 0 Å². The average molecular weight is 350 g/mol. The number of carbonyl (C=O) groups excluding carboxylic acids is 1. The van der Waals surface area contributed by atoms with Gasteiger partial charge in [-0.2, -0.15) is 0 Å². The van der Waals surface area contributed by atoms with E-state index in [9.17, 15) is 4.79 Å². The predicted molar refractivity (Wildman–Crippen MR) is 101 cm³/mol. The molecule has 0 aliphatic carbocycles. The van der Waals surface area contributed by atoms with E-state index in [1.165, 1.54) is 5.56 Å². The monoisotopic (exact) mass is 349 g/mol. The lowest BCUT2D eigenvalue weighted by molar-refractivity contribution is 0.257. The summed E-state index contributed by atoms with van der Waals surface area (Å²) in [6.45, 7) is 0.668. The third kappa shape index (κ3) is 3.21. The number of hydrogen-bond donors (Lipinski definition) is 1. The minimum Gasteiger partial charge on any atom is -0.307 e. The molecular formula is C20H16ClN3O. The molecule has 2 heterocycles. The van der Waals surface area contributed by atoms with Crippen molar-refractivity contribution < 1.29 is 4.79 Å². The number of amides is 2. The fraction of sp³-hybridized carbons (Fsp3) is 0.100. The molecule has 1 N–H and O–H groups in total. The molecule has 1 aliphatic rings. The maximum absolute atomic E-state index is 12.6. The number of carbonyl (C=O) groups is 1. The van der Waals surface area contributed by atoms with Gasteiger partial charge in [-0.25, -0.2) is 4.79 Å². The van der Waals surface area contributed by atoms with E-state index in [0.29, 0.717) is 17.3 Å². The van der Waals surface area contributed by atoms with Crippen molar-refractivity contribution in [1.82, 2.24) is 4.98 Å². The Morgan fingerprint density at radius 2 is 1.88 bits per heavy atom. The van der Waals surface area contributed by atoms with Crippen LogP contribution in [0.3, 0.4) is 0 Å². The van der Waals surface area contributed by atoms with E-state index in [4.69, 9.17) is 11.6 Å².